The van der Waals surface area contributed by atoms with E-state index in [9.17, 15) is 22.8 Å². The van der Waals surface area contributed by atoms with Crippen LogP contribution < -0.4 is 11.1 Å². The zero-order valence-electron chi connectivity index (χ0n) is 13.2. The Morgan fingerprint density at radius 1 is 1.17 bits per heavy atom. The van der Waals surface area contributed by atoms with E-state index in [2.05, 4.69) is 5.32 Å². The molecule has 0 radical (unpaired) electrons. The average molecular weight is 342 g/mol. The number of alkyl halides is 3. The predicted molar refractivity (Wildman–Crippen MR) is 83.0 cm³/mol. The summed E-state index contributed by atoms with van der Waals surface area (Å²) in [5.41, 5.74) is 4.63. The van der Waals surface area contributed by atoms with Crippen molar-refractivity contribution in [3.8, 4) is 0 Å². The van der Waals surface area contributed by atoms with E-state index in [0.29, 0.717) is 12.8 Å². The number of benzene rings is 1. The van der Waals surface area contributed by atoms with Gasteiger partial charge >= 0.3 is 6.18 Å². The number of hydrogen-bond acceptors (Lipinski definition) is 2. The first-order valence-corrected chi connectivity index (χ1v) is 7.93. The molecule has 3 N–H and O–H groups in total. The van der Waals surface area contributed by atoms with Crippen molar-refractivity contribution in [2.24, 2.45) is 11.1 Å². The lowest BCUT2D eigenvalue weighted by Crippen LogP contribution is -2.45. The van der Waals surface area contributed by atoms with Crippen molar-refractivity contribution < 1.29 is 22.8 Å². The molecule has 4 nitrogen and oxygen atoms in total. The molecule has 1 aromatic carbocycles. The number of primary amides is 1. The van der Waals surface area contributed by atoms with Crippen molar-refractivity contribution in [3.05, 3.63) is 35.9 Å². The van der Waals surface area contributed by atoms with Crippen LogP contribution in [0.2, 0.25) is 0 Å². The standard InChI is InChI=1S/C17H21F3N2O2/c18-17(19,20)13(12-6-2-1-3-7-12)10-14(23)22-11-16(15(21)24)8-4-5-9-16/h1-3,6-7,13H,4-5,8-11H2,(H2,21,24)(H,22,23)/t13-/m0/s1. The van der Waals surface area contributed by atoms with Crippen LogP contribution in [0.4, 0.5) is 13.2 Å². The van der Waals surface area contributed by atoms with Crippen LogP contribution >= 0.6 is 0 Å². The average Bonchev–Trinajstić information content (AvgIpc) is 3.01. The molecule has 1 fully saturated rings. The summed E-state index contributed by atoms with van der Waals surface area (Å²) in [7, 11) is 0. The molecule has 24 heavy (non-hydrogen) atoms. The minimum atomic E-state index is -4.52. The van der Waals surface area contributed by atoms with Gasteiger partial charge in [-0.2, -0.15) is 13.2 Å². The highest BCUT2D eigenvalue weighted by Gasteiger charge is 2.43. The molecule has 1 aliphatic carbocycles. The van der Waals surface area contributed by atoms with Crippen molar-refractivity contribution in [1.82, 2.24) is 5.32 Å². The Kier molecular flexibility index (Phi) is 5.51. The largest absolute Gasteiger partial charge is 0.396 e. The summed E-state index contributed by atoms with van der Waals surface area (Å²) in [4.78, 5) is 23.7. The molecular weight excluding hydrogens is 321 g/mol. The molecule has 0 heterocycles. The minimum absolute atomic E-state index is 0.000529. The maximum Gasteiger partial charge on any atom is 0.396 e. The molecule has 2 rings (SSSR count). The molecule has 1 saturated carbocycles. The van der Waals surface area contributed by atoms with Crippen molar-refractivity contribution >= 4 is 11.8 Å². The summed E-state index contributed by atoms with van der Waals surface area (Å²) in [5, 5.41) is 2.48. The molecule has 0 aliphatic heterocycles. The Bertz CT molecular complexity index is 581. The molecule has 0 saturated heterocycles. The molecular formula is C17H21F3N2O2. The Morgan fingerprint density at radius 3 is 2.25 bits per heavy atom. The molecule has 1 atom stereocenters. The van der Waals surface area contributed by atoms with Gasteiger partial charge < -0.3 is 11.1 Å². The first-order valence-electron chi connectivity index (χ1n) is 7.93. The van der Waals surface area contributed by atoms with E-state index in [1.54, 1.807) is 6.07 Å². The molecule has 1 aromatic rings. The lowest BCUT2D eigenvalue weighted by atomic mass is 9.85. The number of carbonyl (C=O) groups is 2. The smallest absolute Gasteiger partial charge is 0.369 e. The maximum atomic E-state index is 13.3. The van der Waals surface area contributed by atoms with E-state index in [-0.39, 0.29) is 12.1 Å². The molecule has 2 amide bonds. The van der Waals surface area contributed by atoms with Crippen LogP contribution in [0.3, 0.4) is 0 Å². The van der Waals surface area contributed by atoms with Crippen molar-refractivity contribution in [1.29, 1.82) is 0 Å². The second kappa shape index (κ2) is 7.23. The topological polar surface area (TPSA) is 72.2 Å². The second-order valence-electron chi connectivity index (χ2n) is 6.34. The van der Waals surface area contributed by atoms with Gasteiger partial charge in [-0.1, -0.05) is 43.2 Å². The van der Waals surface area contributed by atoms with Gasteiger partial charge in [0.2, 0.25) is 11.8 Å². The predicted octanol–water partition coefficient (Wildman–Crippen LogP) is 2.88. The summed E-state index contributed by atoms with van der Waals surface area (Å²) in [6.07, 6.45) is -2.45. The number of amides is 2. The summed E-state index contributed by atoms with van der Waals surface area (Å²) < 4.78 is 39.8. The zero-order chi connectivity index (χ0) is 17.8. The summed E-state index contributed by atoms with van der Waals surface area (Å²) >= 11 is 0. The van der Waals surface area contributed by atoms with Gasteiger partial charge in [0.05, 0.1) is 11.3 Å². The summed E-state index contributed by atoms with van der Waals surface area (Å²) in [5.74, 6) is -3.10. The van der Waals surface area contributed by atoms with Gasteiger partial charge in [-0.15, -0.1) is 0 Å². The molecule has 0 spiro atoms. The molecule has 1 aliphatic rings. The number of nitrogens with two attached hydrogens (primary N) is 1. The van der Waals surface area contributed by atoms with Gasteiger partial charge in [-0.3, -0.25) is 9.59 Å². The summed E-state index contributed by atoms with van der Waals surface area (Å²) in [6, 6.07) is 7.34. The highest BCUT2D eigenvalue weighted by atomic mass is 19.4. The quantitative estimate of drug-likeness (QED) is 0.834. The molecule has 0 bridgehead atoms. The van der Waals surface area contributed by atoms with E-state index < -0.39 is 35.7 Å². The van der Waals surface area contributed by atoms with E-state index in [1.807, 2.05) is 0 Å². The van der Waals surface area contributed by atoms with Crippen LogP contribution in [0, 0.1) is 5.41 Å². The van der Waals surface area contributed by atoms with Crippen LogP contribution in [0.15, 0.2) is 30.3 Å². The highest BCUT2D eigenvalue weighted by Crippen LogP contribution is 2.39. The highest BCUT2D eigenvalue weighted by molar-refractivity contribution is 5.83. The van der Waals surface area contributed by atoms with Gasteiger partial charge in [0.25, 0.3) is 0 Å². The lowest BCUT2D eigenvalue weighted by molar-refractivity contribution is -0.157. The van der Waals surface area contributed by atoms with E-state index in [4.69, 9.17) is 5.73 Å². The third kappa shape index (κ3) is 4.27. The molecule has 132 valence electrons. The fraction of sp³-hybridized carbons (Fsp3) is 0.529. The van der Waals surface area contributed by atoms with Gasteiger partial charge in [0, 0.05) is 13.0 Å². The Balaban J connectivity index is 2.02. The molecule has 0 aromatic heterocycles. The van der Waals surface area contributed by atoms with Crippen LogP contribution in [0.1, 0.15) is 43.6 Å². The minimum Gasteiger partial charge on any atom is -0.369 e. The first kappa shape index (κ1) is 18.3. The van der Waals surface area contributed by atoms with Crippen molar-refractivity contribution in [2.45, 2.75) is 44.2 Å². The molecule has 7 heteroatoms. The van der Waals surface area contributed by atoms with Gasteiger partial charge in [-0.05, 0) is 18.4 Å². The van der Waals surface area contributed by atoms with Crippen molar-refractivity contribution in [2.75, 3.05) is 6.54 Å². The third-order valence-corrected chi connectivity index (χ3v) is 4.69. The number of rotatable bonds is 6. The zero-order valence-corrected chi connectivity index (χ0v) is 13.2. The SMILES string of the molecule is NC(=O)C1(CNC(=O)C[C@@H](c2ccccc2)C(F)(F)F)CCCC1. The fourth-order valence-corrected chi connectivity index (χ4v) is 3.20. The van der Waals surface area contributed by atoms with Crippen LogP contribution in [-0.2, 0) is 9.59 Å². The molecule has 0 unspecified atom stereocenters. The lowest BCUT2D eigenvalue weighted by Gasteiger charge is -2.26. The summed E-state index contributed by atoms with van der Waals surface area (Å²) in [6.45, 7) is 0.000529. The van der Waals surface area contributed by atoms with E-state index >= 15 is 0 Å². The number of nitrogens with one attached hydrogen (secondary N) is 1. The first-order chi connectivity index (χ1) is 11.2. The van der Waals surface area contributed by atoms with Crippen molar-refractivity contribution in [3.63, 3.8) is 0 Å². The van der Waals surface area contributed by atoms with Gasteiger partial charge in [0.15, 0.2) is 0 Å². The number of carbonyl (C=O) groups excluding carboxylic acids is 2. The Hall–Kier alpha value is -2.05. The van der Waals surface area contributed by atoms with Crippen LogP contribution in [-0.4, -0.2) is 24.5 Å². The Labute approximate surface area is 138 Å². The number of halogens is 3. The number of hydrogen-bond donors (Lipinski definition) is 2. The normalized spacial score (nSPS) is 18.1. The van der Waals surface area contributed by atoms with Gasteiger partial charge in [-0.25, -0.2) is 0 Å². The van der Waals surface area contributed by atoms with Crippen LogP contribution in [0.5, 0.6) is 0 Å². The van der Waals surface area contributed by atoms with Gasteiger partial charge in [0.1, 0.15) is 0 Å². The third-order valence-electron chi connectivity index (χ3n) is 4.69. The Morgan fingerprint density at radius 2 is 1.75 bits per heavy atom. The van der Waals surface area contributed by atoms with Crippen LogP contribution in [0.25, 0.3) is 0 Å². The maximum absolute atomic E-state index is 13.3. The van der Waals surface area contributed by atoms with E-state index in [1.165, 1.54) is 24.3 Å². The fourth-order valence-electron chi connectivity index (χ4n) is 3.20. The monoisotopic (exact) mass is 342 g/mol. The second-order valence-corrected chi connectivity index (χ2v) is 6.34. The van der Waals surface area contributed by atoms with E-state index in [0.717, 1.165) is 12.8 Å².